The van der Waals surface area contributed by atoms with Gasteiger partial charge in [0.25, 0.3) is 11.8 Å². The third-order valence-corrected chi connectivity index (χ3v) is 7.29. The van der Waals surface area contributed by atoms with Crippen LogP contribution >= 0.6 is 0 Å². The van der Waals surface area contributed by atoms with E-state index in [0.717, 1.165) is 12.0 Å². The van der Waals surface area contributed by atoms with Gasteiger partial charge in [-0.2, -0.15) is 0 Å². The Morgan fingerprint density at radius 3 is 2.69 bits per heavy atom. The summed E-state index contributed by atoms with van der Waals surface area (Å²) in [5.74, 6) is -0.857. The maximum absolute atomic E-state index is 13.0. The van der Waals surface area contributed by atoms with E-state index in [4.69, 9.17) is 0 Å². The zero-order valence-corrected chi connectivity index (χ0v) is 19.6. The minimum atomic E-state index is -0.667. The van der Waals surface area contributed by atoms with Crippen molar-refractivity contribution >= 4 is 23.6 Å². The Hall–Kier alpha value is -4.34. The Balaban J connectivity index is 1.16. The Morgan fingerprint density at radius 2 is 1.92 bits per heavy atom. The third kappa shape index (κ3) is 3.74. The number of amides is 4. The molecule has 0 spiro atoms. The fourth-order valence-corrected chi connectivity index (χ4v) is 5.19. The minimum Gasteiger partial charge on any atom is -0.337 e. The van der Waals surface area contributed by atoms with Crippen molar-refractivity contribution in [3.05, 3.63) is 77.1 Å². The number of hydrogen-bond donors (Lipinski definition) is 1. The van der Waals surface area contributed by atoms with Crippen molar-refractivity contribution in [3.8, 4) is 5.69 Å². The molecule has 0 bridgehead atoms. The molecule has 3 aliphatic rings. The molecule has 1 unspecified atom stereocenters. The number of imide groups is 1. The SMILES string of the molecule is CN(C(=O)c1cn(-c2ccc3c(c2)CN(C2CCC(=O)NC2=O)C3=O)nn1)[C@@H]1C[C@H]1c1ccccc1. The van der Waals surface area contributed by atoms with Crippen LogP contribution in [0.2, 0.25) is 0 Å². The van der Waals surface area contributed by atoms with Crippen molar-refractivity contribution in [2.75, 3.05) is 7.05 Å². The lowest BCUT2D eigenvalue weighted by molar-refractivity contribution is -0.136. The fourth-order valence-electron chi connectivity index (χ4n) is 5.19. The lowest BCUT2D eigenvalue weighted by Crippen LogP contribution is -2.52. The van der Waals surface area contributed by atoms with Gasteiger partial charge in [-0.1, -0.05) is 35.5 Å². The van der Waals surface area contributed by atoms with Gasteiger partial charge in [-0.25, -0.2) is 4.68 Å². The van der Waals surface area contributed by atoms with Gasteiger partial charge in [-0.05, 0) is 42.2 Å². The molecule has 182 valence electrons. The maximum Gasteiger partial charge on any atom is 0.276 e. The van der Waals surface area contributed by atoms with Crippen molar-refractivity contribution in [1.29, 1.82) is 0 Å². The summed E-state index contributed by atoms with van der Waals surface area (Å²) < 4.78 is 1.52. The summed E-state index contributed by atoms with van der Waals surface area (Å²) in [7, 11) is 1.79. The van der Waals surface area contributed by atoms with Crippen LogP contribution in [-0.4, -0.2) is 67.6 Å². The number of aromatic nitrogens is 3. The first kappa shape index (κ1) is 22.1. The first-order valence-corrected chi connectivity index (χ1v) is 11.9. The van der Waals surface area contributed by atoms with Crippen molar-refractivity contribution in [3.63, 3.8) is 0 Å². The average Bonchev–Trinajstić information content (AvgIpc) is 3.41. The summed E-state index contributed by atoms with van der Waals surface area (Å²) >= 11 is 0. The third-order valence-electron chi connectivity index (χ3n) is 7.29. The normalized spacial score (nSPS) is 22.9. The molecular formula is C26H24N6O4. The summed E-state index contributed by atoms with van der Waals surface area (Å²) in [5, 5.41) is 10.5. The van der Waals surface area contributed by atoms with Gasteiger partial charge < -0.3 is 9.80 Å². The van der Waals surface area contributed by atoms with Crippen LogP contribution < -0.4 is 5.32 Å². The maximum atomic E-state index is 13.0. The van der Waals surface area contributed by atoms with Crippen molar-refractivity contribution in [2.45, 2.75) is 43.8 Å². The van der Waals surface area contributed by atoms with Gasteiger partial charge in [0, 0.05) is 37.5 Å². The molecule has 10 nitrogen and oxygen atoms in total. The molecule has 6 rings (SSSR count). The monoisotopic (exact) mass is 484 g/mol. The number of nitrogens with one attached hydrogen (secondary N) is 1. The molecule has 1 saturated heterocycles. The molecule has 0 radical (unpaired) electrons. The van der Waals surface area contributed by atoms with Gasteiger partial charge >= 0.3 is 0 Å². The molecule has 2 aliphatic heterocycles. The standard InChI is InChI=1S/C26H24N6O4/c1-30(22-12-19(22)15-5-3-2-4-6-15)26(36)20-14-32(29-28-20)17-7-8-18-16(11-17)13-31(25(18)35)21-9-10-23(33)27-24(21)34/h2-8,11,14,19,21-22H,9-10,12-13H2,1H3,(H,27,33,34)/t19-,21?,22+/m0/s1. The number of fused-ring (bicyclic) bond motifs is 1. The number of benzene rings is 2. The zero-order chi connectivity index (χ0) is 25.0. The molecule has 3 atom stereocenters. The molecule has 1 aromatic heterocycles. The van der Waals surface area contributed by atoms with E-state index in [1.807, 2.05) is 24.3 Å². The molecule has 2 aromatic carbocycles. The van der Waals surface area contributed by atoms with E-state index in [1.165, 1.54) is 15.1 Å². The van der Waals surface area contributed by atoms with E-state index in [0.29, 0.717) is 23.6 Å². The number of likely N-dealkylation sites (N-methyl/N-ethyl adjacent to an activating group) is 1. The predicted molar refractivity (Wildman–Crippen MR) is 127 cm³/mol. The highest BCUT2D eigenvalue weighted by molar-refractivity contribution is 6.05. The summed E-state index contributed by atoms with van der Waals surface area (Å²) in [6.45, 7) is 0.264. The number of hydrogen-bond acceptors (Lipinski definition) is 6. The lowest BCUT2D eigenvalue weighted by Gasteiger charge is -2.29. The van der Waals surface area contributed by atoms with E-state index in [9.17, 15) is 19.2 Å². The van der Waals surface area contributed by atoms with E-state index in [1.54, 1.807) is 30.3 Å². The van der Waals surface area contributed by atoms with Gasteiger partial charge in [-0.15, -0.1) is 5.10 Å². The Bertz CT molecular complexity index is 1400. The van der Waals surface area contributed by atoms with Crippen molar-refractivity contribution in [2.24, 2.45) is 0 Å². The molecule has 1 aliphatic carbocycles. The van der Waals surface area contributed by atoms with Gasteiger partial charge in [0.1, 0.15) is 6.04 Å². The average molecular weight is 485 g/mol. The van der Waals surface area contributed by atoms with Crippen LogP contribution in [0, 0.1) is 0 Å². The highest BCUT2D eigenvalue weighted by atomic mass is 16.2. The van der Waals surface area contributed by atoms with Crippen molar-refractivity contribution < 1.29 is 19.2 Å². The zero-order valence-electron chi connectivity index (χ0n) is 19.6. The Labute approximate surface area is 206 Å². The van der Waals surface area contributed by atoms with Crippen LogP contribution in [0.25, 0.3) is 5.69 Å². The topological polar surface area (TPSA) is 118 Å². The Kier molecular flexibility index (Phi) is 5.17. The van der Waals surface area contributed by atoms with Crippen LogP contribution in [-0.2, 0) is 16.1 Å². The summed E-state index contributed by atoms with van der Waals surface area (Å²) in [6.07, 6.45) is 3.03. The van der Waals surface area contributed by atoms with Crippen molar-refractivity contribution in [1.82, 2.24) is 30.1 Å². The number of piperidine rings is 1. The molecule has 2 fully saturated rings. The summed E-state index contributed by atoms with van der Waals surface area (Å²) in [6, 6.07) is 14.9. The second-order valence-corrected chi connectivity index (χ2v) is 9.53. The van der Waals surface area contributed by atoms with Gasteiger partial charge in [0.2, 0.25) is 11.8 Å². The second kappa shape index (κ2) is 8.40. The first-order valence-electron chi connectivity index (χ1n) is 11.9. The first-order chi connectivity index (χ1) is 17.4. The molecule has 1 N–H and O–H groups in total. The van der Waals surface area contributed by atoms with E-state index in [-0.39, 0.29) is 42.4 Å². The molecule has 4 amide bonds. The quantitative estimate of drug-likeness (QED) is 0.551. The molecular weight excluding hydrogens is 460 g/mol. The molecule has 10 heteroatoms. The predicted octanol–water partition coefficient (Wildman–Crippen LogP) is 1.66. The largest absolute Gasteiger partial charge is 0.337 e. The van der Waals surface area contributed by atoms with Crippen LogP contribution in [0.5, 0.6) is 0 Å². The number of nitrogens with zero attached hydrogens (tertiary/aromatic N) is 5. The molecule has 1 saturated carbocycles. The second-order valence-electron chi connectivity index (χ2n) is 9.53. The van der Waals surface area contributed by atoms with Crippen LogP contribution in [0.3, 0.4) is 0 Å². The van der Waals surface area contributed by atoms with E-state index >= 15 is 0 Å². The molecule has 36 heavy (non-hydrogen) atoms. The summed E-state index contributed by atoms with van der Waals surface area (Å²) in [4.78, 5) is 52.9. The number of carbonyl (C=O) groups is 4. The van der Waals surface area contributed by atoms with Crippen LogP contribution in [0.15, 0.2) is 54.7 Å². The van der Waals surface area contributed by atoms with E-state index in [2.05, 4.69) is 27.8 Å². The van der Waals surface area contributed by atoms with Gasteiger partial charge in [0.15, 0.2) is 5.69 Å². The van der Waals surface area contributed by atoms with Crippen LogP contribution in [0.1, 0.15) is 57.2 Å². The fraction of sp³-hybridized carbons (Fsp3) is 0.308. The number of carbonyl (C=O) groups excluding carboxylic acids is 4. The minimum absolute atomic E-state index is 0.134. The van der Waals surface area contributed by atoms with Crippen LogP contribution in [0.4, 0.5) is 0 Å². The Morgan fingerprint density at radius 1 is 1.11 bits per heavy atom. The van der Waals surface area contributed by atoms with E-state index < -0.39 is 11.9 Å². The van der Waals surface area contributed by atoms with Gasteiger partial charge in [0.05, 0.1) is 11.9 Å². The molecule has 3 heterocycles. The highest BCUT2D eigenvalue weighted by Crippen LogP contribution is 2.44. The van der Waals surface area contributed by atoms with Gasteiger partial charge in [-0.3, -0.25) is 24.5 Å². The smallest absolute Gasteiger partial charge is 0.276 e. The lowest BCUT2D eigenvalue weighted by atomic mass is 10.0. The summed E-state index contributed by atoms with van der Waals surface area (Å²) in [5.41, 5.74) is 3.41. The molecule has 3 aromatic rings. The highest BCUT2D eigenvalue weighted by Gasteiger charge is 2.44. The number of rotatable bonds is 5.